The molecule has 0 bridgehead atoms. The van der Waals surface area contributed by atoms with Gasteiger partial charge in [-0.05, 0) is 29.8 Å². The first kappa shape index (κ1) is 16.2. The molecule has 2 heterocycles. The van der Waals surface area contributed by atoms with E-state index in [0.717, 1.165) is 9.13 Å². The molecular weight excluding hydrogens is 380 g/mol. The molecule has 0 saturated heterocycles. The molecule has 0 saturated carbocycles. The second-order valence-corrected chi connectivity index (χ2v) is 6.04. The zero-order valence-corrected chi connectivity index (χ0v) is 13.8. The van der Waals surface area contributed by atoms with Crippen molar-refractivity contribution in [3.63, 3.8) is 0 Å². The molecule has 0 radical (unpaired) electrons. The van der Waals surface area contributed by atoms with Crippen LogP contribution in [0.5, 0.6) is 0 Å². The minimum Gasteiger partial charge on any atom is -0.274 e. The van der Waals surface area contributed by atoms with E-state index >= 15 is 0 Å². The van der Waals surface area contributed by atoms with Crippen molar-refractivity contribution in [3.05, 3.63) is 75.0 Å². The third-order valence-electron chi connectivity index (χ3n) is 2.84. The molecule has 2 N–H and O–H groups in total. The number of nitrogens with one attached hydrogen (secondary N) is 2. The van der Waals surface area contributed by atoms with Crippen LogP contribution in [-0.4, -0.2) is 19.1 Å². The molecule has 0 spiro atoms. The second-order valence-electron chi connectivity index (χ2n) is 4.42. The molecule has 0 unspecified atom stereocenters. The Kier molecular flexibility index (Phi) is 4.38. The summed E-state index contributed by atoms with van der Waals surface area (Å²) in [5.74, 6) is -0.0424. The molecule has 2 aromatic heterocycles. The highest BCUT2D eigenvalue weighted by Crippen LogP contribution is 2.18. The zero-order chi connectivity index (χ0) is 16.6. The van der Waals surface area contributed by atoms with Crippen LogP contribution < -0.4 is 22.5 Å². The predicted octanol–water partition coefficient (Wildman–Crippen LogP) is 0.0863. The van der Waals surface area contributed by atoms with Crippen molar-refractivity contribution < 1.29 is 0 Å². The number of H-pyrrole nitrogens is 2. The Labute approximate surface area is 135 Å². The van der Waals surface area contributed by atoms with Crippen LogP contribution in [0, 0.1) is 19.7 Å². The molecule has 0 aliphatic carbocycles. The molecule has 0 aliphatic heterocycles. The van der Waals surface area contributed by atoms with Crippen LogP contribution in [0.25, 0.3) is 0 Å². The van der Waals surface area contributed by atoms with Crippen LogP contribution >= 0.6 is 27.5 Å². The standard InChI is InChI=1S/C12H10BrClN4O4/c1-5-3-7(19)15-11(21)17(5)10(9(13)14)18-6(2)4-8(20)16-12(18)22/h3-4H,1-2H3,(H,15,19,21)(H,16,20,22). The van der Waals surface area contributed by atoms with E-state index in [0.29, 0.717) is 0 Å². The minimum absolute atomic E-state index is 0.0424. The van der Waals surface area contributed by atoms with Crippen LogP contribution in [0.4, 0.5) is 0 Å². The molecule has 2 aromatic rings. The van der Waals surface area contributed by atoms with E-state index in [-0.39, 0.29) is 21.2 Å². The van der Waals surface area contributed by atoms with Gasteiger partial charge in [0, 0.05) is 23.5 Å². The van der Waals surface area contributed by atoms with Gasteiger partial charge in [-0.25, -0.2) is 18.7 Å². The molecular formula is C12H10BrClN4O4. The van der Waals surface area contributed by atoms with E-state index in [9.17, 15) is 19.2 Å². The number of rotatable bonds is 2. The lowest BCUT2D eigenvalue weighted by molar-refractivity contribution is 0.641. The van der Waals surface area contributed by atoms with Crippen LogP contribution in [-0.2, 0) is 0 Å². The number of aromatic amines is 2. The van der Waals surface area contributed by atoms with Crippen molar-refractivity contribution >= 4 is 27.5 Å². The predicted molar refractivity (Wildman–Crippen MR) is 84.5 cm³/mol. The van der Waals surface area contributed by atoms with Crippen molar-refractivity contribution in [1.82, 2.24) is 19.1 Å². The number of aromatic nitrogens is 4. The summed E-state index contributed by atoms with van der Waals surface area (Å²) in [6.07, 6.45) is 0. The molecule has 10 heteroatoms. The molecule has 8 nitrogen and oxygen atoms in total. The average Bonchev–Trinajstić information content (AvgIpc) is 2.34. The van der Waals surface area contributed by atoms with Crippen molar-refractivity contribution in [2.45, 2.75) is 13.8 Å². The Morgan fingerprint density at radius 1 is 0.955 bits per heavy atom. The van der Waals surface area contributed by atoms with Gasteiger partial charge in [-0.2, -0.15) is 0 Å². The summed E-state index contributed by atoms with van der Waals surface area (Å²) in [6, 6.07) is 2.36. The van der Waals surface area contributed by atoms with Gasteiger partial charge in [0.15, 0.2) is 5.82 Å². The number of hydrogen-bond acceptors (Lipinski definition) is 4. The molecule has 0 fully saturated rings. The third-order valence-corrected chi connectivity index (χ3v) is 3.37. The molecule has 0 aliphatic rings. The van der Waals surface area contributed by atoms with E-state index in [1.54, 1.807) is 0 Å². The summed E-state index contributed by atoms with van der Waals surface area (Å²) in [7, 11) is 0. The fourth-order valence-electron chi connectivity index (χ4n) is 2.02. The average molecular weight is 390 g/mol. The molecule has 22 heavy (non-hydrogen) atoms. The first-order valence-corrected chi connectivity index (χ1v) is 7.11. The quantitative estimate of drug-likeness (QED) is 0.758. The Hall–Kier alpha value is -2.13. The van der Waals surface area contributed by atoms with E-state index in [1.807, 2.05) is 0 Å². The molecule has 116 valence electrons. The summed E-state index contributed by atoms with van der Waals surface area (Å²) >= 11 is 9.00. The summed E-state index contributed by atoms with van der Waals surface area (Å²) in [5.41, 5.74) is -2.16. The first-order valence-electron chi connectivity index (χ1n) is 5.94. The first-order chi connectivity index (χ1) is 10.2. The summed E-state index contributed by atoms with van der Waals surface area (Å²) in [5, 5.41) is 0. The van der Waals surface area contributed by atoms with Crippen molar-refractivity contribution in [2.75, 3.05) is 0 Å². The minimum atomic E-state index is -0.768. The maximum absolute atomic E-state index is 12.1. The normalized spacial score (nSPS) is 10.5. The maximum Gasteiger partial charge on any atom is 0.334 e. The number of hydrogen-bond donors (Lipinski definition) is 2. The lowest BCUT2D eigenvalue weighted by atomic mass is 10.4. The molecule has 2 rings (SSSR count). The van der Waals surface area contributed by atoms with Crippen molar-refractivity contribution in [2.24, 2.45) is 0 Å². The Balaban J connectivity index is 2.96. The largest absolute Gasteiger partial charge is 0.334 e. The fraction of sp³-hybridized carbons (Fsp3) is 0.167. The molecule has 0 aromatic carbocycles. The van der Waals surface area contributed by atoms with Gasteiger partial charge in [0.1, 0.15) is 3.94 Å². The third kappa shape index (κ3) is 2.90. The Bertz CT molecular complexity index is 932. The van der Waals surface area contributed by atoms with Crippen LogP contribution in [0.3, 0.4) is 0 Å². The summed E-state index contributed by atoms with van der Waals surface area (Å²) in [6.45, 7) is 3.02. The highest BCUT2D eigenvalue weighted by molar-refractivity contribution is 9.12. The summed E-state index contributed by atoms with van der Waals surface area (Å²) < 4.78 is 2.04. The number of aryl methyl sites for hydroxylation is 2. The lowest BCUT2D eigenvalue weighted by Gasteiger charge is -2.17. The van der Waals surface area contributed by atoms with E-state index in [2.05, 4.69) is 25.9 Å². The van der Waals surface area contributed by atoms with Gasteiger partial charge in [-0.3, -0.25) is 19.6 Å². The van der Waals surface area contributed by atoms with Crippen molar-refractivity contribution in [1.29, 1.82) is 0 Å². The highest BCUT2D eigenvalue weighted by Gasteiger charge is 2.17. The van der Waals surface area contributed by atoms with Crippen LogP contribution in [0.1, 0.15) is 11.4 Å². The van der Waals surface area contributed by atoms with E-state index in [4.69, 9.17) is 11.6 Å². The van der Waals surface area contributed by atoms with Crippen LogP contribution in [0.2, 0.25) is 0 Å². The number of halogens is 2. The number of nitrogens with zero attached hydrogens (tertiary/aromatic N) is 2. The Morgan fingerprint density at radius 3 is 1.59 bits per heavy atom. The van der Waals surface area contributed by atoms with E-state index < -0.39 is 22.5 Å². The summed E-state index contributed by atoms with van der Waals surface area (Å²) in [4.78, 5) is 51.0. The van der Waals surface area contributed by atoms with Crippen LogP contribution in [0.15, 0.2) is 35.3 Å². The molecule has 0 atom stereocenters. The Morgan fingerprint density at radius 2 is 1.32 bits per heavy atom. The fourth-order valence-corrected chi connectivity index (χ4v) is 2.54. The lowest BCUT2D eigenvalue weighted by Crippen LogP contribution is -2.40. The van der Waals surface area contributed by atoms with Crippen molar-refractivity contribution in [3.8, 4) is 0 Å². The second kappa shape index (κ2) is 5.93. The monoisotopic (exact) mass is 388 g/mol. The highest BCUT2D eigenvalue weighted by atomic mass is 79.9. The van der Waals surface area contributed by atoms with Gasteiger partial charge in [-0.1, -0.05) is 11.6 Å². The van der Waals surface area contributed by atoms with E-state index in [1.165, 1.54) is 26.0 Å². The van der Waals surface area contributed by atoms with Gasteiger partial charge in [-0.15, -0.1) is 0 Å². The maximum atomic E-state index is 12.1. The van der Waals surface area contributed by atoms with Gasteiger partial charge in [0.2, 0.25) is 0 Å². The topological polar surface area (TPSA) is 110 Å². The van der Waals surface area contributed by atoms with Gasteiger partial charge in [0.05, 0.1) is 0 Å². The zero-order valence-electron chi connectivity index (χ0n) is 11.4. The van der Waals surface area contributed by atoms with Gasteiger partial charge >= 0.3 is 11.4 Å². The van der Waals surface area contributed by atoms with Gasteiger partial charge < -0.3 is 0 Å². The smallest absolute Gasteiger partial charge is 0.274 e. The van der Waals surface area contributed by atoms with Gasteiger partial charge in [0.25, 0.3) is 11.1 Å². The molecule has 0 amide bonds. The SMILES string of the molecule is Cc1cc(=O)[nH]c(=O)n1C(=C(Cl)Br)n1c(C)cc(=O)[nH]c1=O.